The van der Waals surface area contributed by atoms with Gasteiger partial charge in [0.15, 0.2) is 0 Å². The van der Waals surface area contributed by atoms with Crippen molar-refractivity contribution in [1.29, 1.82) is 0 Å². The number of thioether (sulfide) groups is 1. The van der Waals surface area contributed by atoms with Gasteiger partial charge in [-0.05, 0) is 53.9 Å². The first-order chi connectivity index (χ1) is 12.4. The lowest BCUT2D eigenvalue weighted by Gasteiger charge is -2.17. The fourth-order valence-electron chi connectivity index (χ4n) is 2.40. The molecule has 1 aromatic carbocycles. The predicted octanol–water partition coefficient (Wildman–Crippen LogP) is 3.80. The molecule has 1 aliphatic rings. The molecule has 1 aliphatic heterocycles. The number of carbonyl (C=O) groups excluding carboxylic acids is 3. The van der Waals surface area contributed by atoms with Crippen LogP contribution >= 0.6 is 23.1 Å². The van der Waals surface area contributed by atoms with Crippen LogP contribution in [0.1, 0.15) is 23.4 Å². The Labute approximate surface area is 157 Å². The van der Waals surface area contributed by atoms with E-state index in [0.717, 1.165) is 27.1 Å². The summed E-state index contributed by atoms with van der Waals surface area (Å²) in [5.41, 5.74) is 0.728. The highest BCUT2D eigenvalue weighted by Gasteiger charge is 2.36. The highest BCUT2D eigenvalue weighted by atomic mass is 32.2. The van der Waals surface area contributed by atoms with Crippen LogP contribution in [0.25, 0.3) is 6.08 Å². The molecule has 3 rings (SSSR count). The maximum Gasteiger partial charge on any atom is 0.294 e. The molecule has 8 heteroatoms. The number of amides is 3. The average molecular weight is 390 g/mol. The van der Waals surface area contributed by atoms with E-state index in [4.69, 9.17) is 0 Å². The molecule has 5 nitrogen and oxygen atoms in total. The number of nitrogens with zero attached hydrogens (tertiary/aromatic N) is 1. The number of benzene rings is 1. The van der Waals surface area contributed by atoms with E-state index in [1.807, 2.05) is 17.5 Å². The number of nitrogens with one attached hydrogen (secondary N) is 1. The molecule has 0 aliphatic carbocycles. The Balaban J connectivity index is 1.62. The molecule has 1 fully saturated rings. The summed E-state index contributed by atoms with van der Waals surface area (Å²) in [7, 11) is 0. The van der Waals surface area contributed by atoms with Crippen LogP contribution < -0.4 is 5.32 Å². The second-order valence-corrected chi connectivity index (χ2v) is 7.60. The van der Waals surface area contributed by atoms with Crippen molar-refractivity contribution in [2.45, 2.75) is 13.0 Å². The Hall–Kier alpha value is -2.45. The molecule has 0 saturated carbocycles. The van der Waals surface area contributed by atoms with Crippen molar-refractivity contribution in [2.24, 2.45) is 0 Å². The number of thiophene rings is 1. The van der Waals surface area contributed by atoms with Crippen molar-refractivity contribution in [2.75, 3.05) is 6.54 Å². The van der Waals surface area contributed by atoms with Crippen LogP contribution in [0.4, 0.5) is 9.18 Å². The van der Waals surface area contributed by atoms with E-state index in [2.05, 4.69) is 5.32 Å². The summed E-state index contributed by atoms with van der Waals surface area (Å²) < 4.78 is 13.0. The lowest BCUT2D eigenvalue weighted by Crippen LogP contribution is -2.40. The minimum absolute atomic E-state index is 0.303. The van der Waals surface area contributed by atoms with Gasteiger partial charge in [-0.25, -0.2) is 4.39 Å². The molecule has 0 bridgehead atoms. The summed E-state index contributed by atoms with van der Waals surface area (Å²) in [6, 6.07) is 9.09. The first-order valence-electron chi connectivity index (χ1n) is 7.78. The van der Waals surface area contributed by atoms with Crippen LogP contribution in [-0.4, -0.2) is 28.5 Å². The average Bonchev–Trinajstić information content (AvgIpc) is 3.20. The molecule has 1 atom stereocenters. The van der Waals surface area contributed by atoms with Gasteiger partial charge >= 0.3 is 0 Å². The molecular weight excluding hydrogens is 375 g/mol. The predicted molar refractivity (Wildman–Crippen MR) is 100.0 cm³/mol. The van der Waals surface area contributed by atoms with Crippen molar-refractivity contribution in [3.8, 4) is 0 Å². The summed E-state index contributed by atoms with van der Waals surface area (Å²) >= 11 is 2.28. The van der Waals surface area contributed by atoms with Crippen LogP contribution in [0.2, 0.25) is 0 Å². The molecular formula is C18H15FN2O3S2. The second-order valence-electron chi connectivity index (χ2n) is 5.62. The summed E-state index contributed by atoms with van der Waals surface area (Å²) in [6.07, 6.45) is 1.65. The zero-order chi connectivity index (χ0) is 18.7. The van der Waals surface area contributed by atoms with Crippen molar-refractivity contribution < 1.29 is 18.8 Å². The largest absolute Gasteiger partial charge is 0.348 e. The van der Waals surface area contributed by atoms with E-state index in [-0.39, 0.29) is 18.4 Å². The molecule has 3 amide bonds. The van der Waals surface area contributed by atoms with Crippen LogP contribution in [0.5, 0.6) is 0 Å². The first kappa shape index (κ1) is 18.3. The SMILES string of the molecule is CC(NC(=O)CN1C(=O)S/C(=C\c2cccs2)C1=O)c1ccc(F)cc1. The molecule has 1 N–H and O–H groups in total. The zero-order valence-electron chi connectivity index (χ0n) is 13.8. The van der Waals surface area contributed by atoms with Gasteiger partial charge in [0.1, 0.15) is 12.4 Å². The van der Waals surface area contributed by atoms with E-state index >= 15 is 0 Å². The number of carbonyl (C=O) groups is 3. The van der Waals surface area contributed by atoms with Gasteiger partial charge in [-0.3, -0.25) is 19.3 Å². The van der Waals surface area contributed by atoms with Gasteiger partial charge < -0.3 is 5.32 Å². The number of halogens is 1. The maximum atomic E-state index is 13.0. The molecule has 134 valence electrons. The Morgan fingerprint density at radius 2 is 2.00 bits per heavy atom. The van der Waals surface area contributed by atoms with Crippen LogP contribution in [0.15, 0.2) is 46.7 Å². The number of imide groups is 1. The number of hydrogen-bond donors (Lipinski definition) is 1. The second kappa shape index (κ2) is 7.84. The Morgan fingerprint density at radius 3 is 2.65 bits per heavy atom. The Kier molecular flexibility index (Phi) is 5.53. The molecule has 2 aromatic rings. The highest BCUT2D eigenvalue weighted by Crippen LogP contribution is 2.32. The molecule has 26 heavy (non-hydrogen) atoms. The van der Waals surface area contributed by atoms with Crippen molar-refractivity contribution >= 4 is 46.2 Å². The molecule has 1 unspecified atom stereocenters. The molecule has 1 aromatic heterocycles. The van der Waals surface area contributed by atoms with Crippen molar-refractivity contribution in [1.82, 2.24) is 10.2 Å². The minimum atomic E-state index is -0.474. The van der Waals surface area contributed by atoms with Crippen LogP contribution in [-0.2, 0) is 9.59 Å². The monoisotopic (exact) mass is 390 g/mol. The summed E-state index contributed by atoms with van der Waals surface area (Å²) in [4.78, 5) is 38.7. The highest BCUT2D eigenvalue weighted by molar-refractivity contribution is 8.18. The van der Waals surface area contributed by atoms with Gasteiger partial charge in [0.25, 0.3) is 11.1 Å². The minimum Gasteiger partial charge on any atom is -0.348 e. The molecule has 2 heterocycles. The lowest BCUT2D eigenvalue weighted by molar-refractivity contribution is -0.129. The maximum absolute atomic E-state index is 13.0. The Bertz CT molecular complexity index is 863. The van der Waals surface area contributed by atoms with Gasteiger partial charge in [-0.1, -0.05) is 18.2 Å². The van der Waals surface area contributed by atoms with E-state index in [0.29, 0.717) is 4.91 Å². The van der Waals surface area contributed by atoms with Gasteiger partial charge in [-0.2, -0.15) is 0 Å². The zero-order valence-corrected chi connectivity index (χ0v) is 15.4. The normalized spacial score (nSPS) is 17.0. The van der Waals surface area contributed by atoms with Gasteiger partial charge in [0.2, 0.25) is 5.91 Å². The molecule has 0 radical (unpaired) electrons. The molecule has 0 spiro atoms. The van der Waals surface area contributed by atoms with Crippen LogP contribution in [0.3, 0.4) is 0 Å². The fourth-order valence-corrected chi connectivity index (χ4v) is 3.97. The van der Waals surface area contributed by atoms with E-state index in [1.165, 1.54) is 23.5 Å². The van der Waals surface area contributed by atoms with Gasteiger partial charge in [0.05, 0.1) is 10.9 Å². The van der Waals surface area contributed by atoms with E-state index in [1.54, 1.807) is 25.1 Å². The van der Waals surface area contributed by atoms with Crippen molar-refractivity contribution in [3.05, 3.63) is 62.9 Å². The van der Waals surface area contributed by atoms with E-state index in [9.17, 15) is 18.8 Å². The number of rotatable bonds is 5. The van der Waals surface area contributed by atoms with Crippen LogP contribution in [0, 0.1) is 5.82 Å². The fraction of sp³-hybridized carbons (Fsp3) is 0.167. The third kappa shape index (κ3) is 4.20. The summed E-state index contributed by atoms with van der Waals surface area (Å²) in [5.74, 6) is -1.29. The standard InChI is InChI=1S/C18H15FN2O3S2/c1-11(12-4-6-13(19)7-5-12)20-16(22)10-21-17(23)15(26-18(21)24)9-14-3-2-8-25-14/h2-9,11H,10H2,1H3,(H,20,22)/b15-9-. The third-order valence-electron chi connectivity index (χ3n) is 3.74. The topological polar surface area (TPSA) is 66.5 Å². The molecule has 1 saturated heterocycles. The lowest BCUT2D eigenvalue weighted by atomic mass is 10.1. The van der Waals surface area contributed by atoms with Gasteiger partial charge in [0, 0.05) is 4.88 Å². The first-order valence-corrected chi connectivity index (χ1v) is 9.47. The van der Waals surface area contributed by atoms with E-state index < -0.39 is 17.1 Å². The summed E-state index contributed by atoms with van der Waals surface area (Å²) in [6.45, 7) is 1.40. The Morgan fingerprint density at radius 1 is 1.27 bits per heavy atom. The quantitative estimate of drug-likeness (QED) is 0.789. The number of hydrogen-bond acceptors (Lipinski definition) is 5. The summed E-state index contributed by atoms with van der Waals surface area (Å²) in [5, 5.41) is 4.12. The third-order valence-corrected chi connectivity index (χ3v) is 5.47. The smallest absolute Gasteiger partial charge is 0.294 e. The van der Waals surface area contributed by atoms with Gasteiger partial charge in [-0.15, -0.1) is 11.3 Å². The van der Waals surface area contributed by atoms with Crippen molar-refractivity contribution in [3.63, 3.8) is 0 Å².